The van der Waals surface area contributed by atoms with Crippen molar-refractivity contribution in [2.24, 2.45) is 5.92 Å². The Labute approximate surface area is 121 Å². The van der Waals surface area contributed by atoms with E-state index in [2.05, 4.69) is 21.2 Å². The van der Waals surface area contributed by atoms with Gasteiger partial charge in [0.25, 0.3) is 5.91 Å². The molecule has 5 heteroatoms. The number of piperidine rings is 1. The van der Waals surface area contributed by atoms with Crippen molar-refractivity contribution in [3.63, 3.8) is 0 Å². The van der Waals surface area contributed by atoms with E-state index in [9.17, 15) is 9.18 Å². The number of carbonyl (C=O) groups excluding carboxylic acids is 1. The minimum Gasteiger partial charge on any atom is -0.341 e. The van der Waals surface area contributed by atoms with Crippen LogP contribution in [0.1, 0.15) is 23.2 Å². The molecule has 1 amide bonds. The highest BCUT2D eigenvalue weighted by molar-refractivity contribution is 9.10. The summed E-state index contributed by atoms with van der Waals surface area (Å²) in [6, 6.07) is 4.80. The number of hydrogen-bond acceptors (Lipinski definition) is 2. The van der Waals surface area contributed by atoms with E-state index in [1.165, 1.54) is 6.07 Å². The zero-order chi connectivity index (χ0) is 13.8. The van der Waals surface area contributed by atoms with Crippen LogP contribution in [0.2, 0.25) is 0 Å². The molecule has 0 aromatic heterocycles. The normalized spacial score (nSPS) is 16.4. The average molecular weight is 329 g/mol. The van der Waals surface area contributed by atoms with Crippen LogP contribution in [0.15, 0.2) is 22.7 Å². The van der Waals surface area contributed by atoms with Gasteiger partial charge in [0.1, 0.15) is 5.82 Å². The van der Waals surface area contributed by atoms with Crippen LogP contribution < -0.4 is 5.32 Å². The SMILES string of the molecule is CN(CC1CCNCC1)C(=O)c1cccc(Br)c1F. The van der Waals surface area contributed by atoms with Gasteiger partial charge in [0.15, 0.2) is 0 Å². The van der Waals surface area contributed by atoms with Gasteiger partial charge in [0, 0.05) is 13.6 Å². The summed E-state index contributed by atoms with van der Waals surface area (Å²) in [6.07, 6.45) is 2.14. The number of benzene rings is 1. The number of amides is 1. The zero-order valence-corrected chi connectivity index (χ0v) is 12.5. The first-order valence-corrected chi connectivity index (χ1v) is 7.29. The van der Waals surface area contributed by atoms with Crippen molar-refractivity contribution in [2.75, 3.05) is 26.7 Å². The lowest BCUT2D eigenvalue weighted by Gasteiger charge is -2.27. The molecule has 1 saturated heterocycles. The van der Waals surface area contributed by atoms with Gasteiger partial charge >= 0.3 is 0 Å². The third-order valence-corrected chi connectivity index (χ3v) is 4.13. The molecular weight excluding hydrogens is 311 g/mol. The third kappa shape index (κ3) is 3.54. The Morgan fingerprint density at radius 1 is 1.47 bits per heavy atom. The molecule has 0 saturated carbocycles. The summed E-state index contributed by atoms with van der Waals surface area (Å²) in [5.41, 5.74) is 0.130. The van der Waals surface area contributed by atoms with Gasteiger partial charge in [-0.3, -0.25) is 4.79 Å². The molecule has 0 aliphatic carbocycles. The van der Waals surface area contributed by atoms with Gasteiger partial charge in [-0.25, -0.2) is 4.39 Å². The number of nitrogens with one attached hydrogen (secondary N) is 1. The largest absolute Gasteiger partial charge is 0.341 e. The van der Waals surface area contributed by atoms with Gasteiger partial charge in [0.2, 0.25) is 0 Å². The predicted octanol–water partition coefficient (Wildman–Crippen LogP) is 2.66. The molecule has 0 radical (unpaired) electrons. The Morgan fingerprint density at radius 2 is 2.16 bits per heavy atom. The smallest absolute Gasteiger partial charge is 0.256 e. The third-order valence-electron chi connectivity index (χ3n) is 3.52. The Balaban J connectivity index is 2.03. The lowest BCUT2D eigenvalue weighted by Crippen LogP contribution is -2.37. The molecule has 104 valence electrons. The molecule has 1 N–H and O–H groups in total. The van der Waals surface area contributed by atoms with Crippen LogP contribution in [0, 0.1) is 11.7 Å². The molecule has 1 fully saturated rings. The summed E-state index contributed by atoms with van der Waals surface area (Å²) >= 11 is 3.11. The lowest BCUT2D eigenvalue weighted by atomic mass is 9.97. The topological polar surface area (TPSA) is 32.3 Å². The molecule has 1 aliphatic rings. The van der Waals surface area contributed by atoms with Crippen molar-refractivity contribution in [3.05, 3.63) is 34.1 Å². The number of nitrogens with zero attached hydrogens (tertiary/aromatic N) is 1. The fourth-order valence-electron chi connectivity index (χ4n) is 2.41. The zero-order valence-electron chi connectivity index (χ0n) is 11.0. The van der Waals surface area contributed by atoms with Gasteiger partial charge in [-0.2, -0.15) is 0 Å². The van der Waals surface area contributed by atoms with E-state index >= 15 is 0 Å². The van der Waals surface area contributed by atoms with Crippen LogP contribution >= 0.6 is 15.9 Å². The first-order chi connectivity index (χ1) is 9.09. The molecule has 0 atom stereocenters. The summed E-state index contributed by atoms with van der Waals surface area (Å²) in [6.45, 7) is 2.68. The monoisotopic (exact) mass is 328 g/mol. The molecule has 1 aromatic carbocycles. The molecule has 19 heavy (non-hydrogen) atoms. The van der Waals surface area contributed by atoms with E-state index in [-0.39, 0.29) is 11.5 Å². The van der Waals surface area contributed by atoms with Gasteiger partial charge in [-0.1, -0.05) is 6.07 Å². The molecular formula is C14H18BrFN2O. The number of hydrogen-bond donors (Lipinski definition) is 1. The van der Waals surface area contributed by atoms with E-state index in [0.717, 1.165) is 25.9 Å². The average Bonchev–Trinajstić information content (AvgIpc) is 2.42. The summed E-state index contributed by atoms with van der Waals surface area (Å²) < 4.78 is 14.2. The Hall–Kier alpha value is -0.940. The van der Waals surface area contributed by atoms with Crippen LogP contribution in [0.5, 0.6) is 0 Å². The van der Waals surface area contributed by atoms with Gasteiger partial charge in [0.05, 0.1) is 10.0 Å². The van der Waals surface area contributed by atoms with Crippen molar-refractivity contribution < 1.29 is 9.18 Å². The maximum absolute atomic E-state index is 13.9. The molecule has 3 nitrogen and oxygen atoms in total. The second-order valence-electron chi connectivity index (χ2n) is 4.98. The van der Waals surface area contributed by atoms with E-state index in [1.54, 1.807) is 24.1 Å². The molecule has 0 spiro atoms. The molecule has 1 aliphatic heterocycles. The van der Waals surface area contributed by atoms with Crippen LogP contribution in [0.4, 0.5) is 4.39 Å². The van der Waals surface area contributed by atoms with E-state index in [1.807, 2.05) is 0 Å². The van der Waals surface area contributed by atoms with Crippen molar-refractivity contribution >= 4 is 21.8 Å². The predicted molar refractivity (Wildman–Crippen MR) is 76.7 cm³/mol. The highest BCUT2D eigenvalue weighted by Crippen LogP contribution is 2.20. The molecule has 0 unspecified atom stereocenters. The molecule has 2 rings (SSSR count). The highest BCUT2D eigenvalue weighted by atomic mass is 79.9. The Kier molecular flexibility index (Phi) is 4.93. The van der Waals surface area contributed by atoms with Crippen molar-refractivity contribution in [1.82, 2.24) is 10.2 Å². The summed E-state index contributed by atoms with van der Waals surface area (Å²) in [5.74, 6) is -0.229. The highest BCUT2D eigenvalue weighted by Gasteiger charge is 2.21. The first kappa shape index (κ1) is 14.5. The van der Waals surface area contributed by atoms with E-state index in [4.69, 9.17) is 0 Å². The Morgan fingerprint density at radius 3 is 2.84 bits per heavy atom. The fourth-order valence-corrected chi connectivity index (χ4v) is 2.78. The number of carbonyl (C=O) groups is 1. The first-order valence-electron chi connectivity index (χ1n) is 6.50. The maximum atomic E-state index is 13.9. The van der Waals surface area contributed by atoms with Crippen LogP contribution in [-0.4, -0.2) is 37.5 Å². The number of halogens is 2. The molecule has 1 aromatic rings. The molecule has 0 bridgehead atoms. The van der Waals surface area contributed by atoms with E-state index in [0.29, 0.717) is 16.9 Å². The summed E-state index contributed by atoms with van der Waals surface area (Å²) in [5, 5.41) is 3.30. The van der Waals surface area contributed by atoms with E-state index < -0.39 is 5.82 Å². The lowest BCUT2D eigenvalue weighted by molar-refractivity contribution is 0.0758. The minimum absolute atomic E-state index is 0.130. The maximum Gasteiger partial charge on any atom is 0.256 e. The van der Waals surface area contributed by atoms with Crippen molar-refractivity contribution in [2.45, 2.75) is 12.8 Å². The number of rotatable bonds is 3. The van der Waals surface area contributed by atoms with Crippen LogP contribution in [0.3, 0.4) is 0 Å². The van der Waals surface area contributed by atoms with Crippen molar-refractivity contribution in [3.8, 4) is 0 Å². The standard InChI is InChI=1S/C14H18BrFN2O/c1-18(9-10-5-7-17-8-6-10)14(19)11-3-2-4-12(15)13(11)16/h2-4,10,17H,5-9H2,1H3. The Bertz CT molecular complexity index is 461. The molecule has 1 heterocycles. The van der Waals surface area contributed by atoms with Gasteiger partial charge < -0.3 is 10.2 Å². The fraction of sp³-hybridized carbons (Fsp3) is 0.500. The van der Waals surface area contributed by atoms with Gasteiger partial charge in [-0.15, -0.1) is 0 Å². The minimum atomic E-state index is -0.482. The second kappa shape index (κ2) is 6.48. The van der Waals surface area contributed by atoms with Crippen LogP contribution in [0.25, 0.3) is 0 Å². The summed E-state index contributed by atoms with van der Waals surface area (Å²) in [4.78, 5) is 13.9. The van der Waals surface area contributed by atoms with Crippen LogP contribution in [-0.2, 0) is 0 Å². The summed E-state index contributed by atoms with van der Waals surface area (Å²) in [7, 11) is 1.74. The van der Waals surface area contributed by atoms with Gasteiger partial charge in [-0.05, 0) is 59.9 Å². The second-order valence-corrected chi connectivity index (χ2v) is 5.83. The van der Waals surface area contributed by atoms with Crippen molar-refractivity contribution in [1.29, 1.82) is 0 Å². The quantitative estimate of drug-likeness (QED) is 0.925.